The number of ether oxygens (including phenoxy) is 1. The number of carbonyl (C=O) groups is 1. The number of carbonyl (C=O) groups excluding carboxylic acids is 1. The maximum Gasteiger partial charge on any atom is 0.247 e. The molecule has 0 saturated heterocycles. The molecule has 0 fully saturated rings. The Morgan fingerprint density at radius 1 is 1.12 bits per heavy atom. The van der Waals surface area contributed by atoms with Gasteiger partial charge in [0.1, 0.15) is 11.8 Å². The maximum absolute atomic E-state index is 12.6. The smallest absolute Gasteiger partial charge is 0.247 e. The zero-order chi connectivity index (χ0) is 19.3. The van der Waals surface area contributed by atoms with E-state index >= 15 is 0 Å². The van der Waals surface area contributed by atoms with Gasteiger partial charge in [0, 0.05) is 5.69 Å². The minimum absolute atomic E-state index is 0.417. The molecule has 7 heteroatoms. The topological polar surface area (TPSA) is 75.7 Å². The number of anilines is 2. The number of rotatable bonds is 7. The first-order chi connectivity index (χ1) is 12.2. The highest BCUT2D eigenvalue weighted by molar-refractivity contribution is 7.92. The van der Waals surface area contributed by atoms with E-state index in [1.54, 1.807) is 43.3 Å². The van der Waals surface area contributed by atoms with E-state index < -0.39 is 22.0 Å². The third-order valence-corrected chi connectivity index (χ3v) is 5.05. The molecule has 0 unspecified atom stereocenters. The summed E-state index contributed by atoms with van der Waals surface area (Å²) in [5.41, 5.74) is 2.03. The summed E-state index contributed by atoms with van der Waals surface area (Å²) in [6, 6.07) is 13.0. The molecule has 2 aromatic carbocycles. The van der Waals surface area contributed by atoms with Crippen molar-refractivity contribution in [2.75, 3.05) is 22.5 Å². The van der Waals surface area contributed by atoms with Gasteiger partial charge in [-0.15, -0.1) is 0 Å². The molecule has 0 spiro atoms. The van der Waals surface area contributed by atoms with Crippen LogP contribution in [0.5, 0.6) is 5.75 Å². The lowest BCUT2D eigenvalue weighted by Gasteiger charge is -2.28. The zero-order valence-corrected chi connectivity index (χ0v) is 16.2. The number of benzene rings is 2. The van der Waals surface area contributed by atoms with Gasteiger partial charge in [-0.3, -0.25) is 9.10 Å². The molecule has 0 aliphatic carbocycles. The van der Waals surface area contributed by atoms with Crippen LogP contribution in [0.2, 0.25) is 0 Å². The SMILES string of the molecule is CCOc1ccc(NC(=O)[C@@H](C)N(c2ccc(C)cc2)S(C)(=O)=O)cc1. The highest BCUT2D eigenvalue weighted by atomic mass is 32.2. The molecule has 0 aliphatic heterocycles. The van der Waals surface area contributed by atoms with Crippen LogP contribution in [0.15, 0.2) is 48.5 Å². The summed E-state index contributed by atoms with van der Waals surface area (Å²) < 4.78 is 31.0. The first-order valence-electron chi connectivity index (χ1n) is 8.32. The summed E-state index contributed by atoms with van der Waals surface area (Å²) in [6.45, 7) is 5.92. The average molecular weight is 376 g/mol. The van der Waals surface area contributed by atoms with Crippen molar-refractivity contribution in [2.45, 2.75) is 26.8 Å². The number of hydrogen-bond donors (Lipinski definition) is 1. The predicted octanol–water partition coefficient (Wildman–Crippen LogP) is 3.19. The van der Waals surface area contributed by atoms with Crippen LogP contribution in [0.1, 0.15) is 19.4 Å². The third kappa shape index (κ3) is 4.98. The second kappa shape index (κ2) is 8.23. The normalized spacial score (nSPS) is 12.3. The van der Waals surface area contributed by atoms with Gasteiger partial charge in [-0.1, -0.05) is 17.7 Å². The Kier molecular flexibility index (Phi) is 6.26. The third-order valence-electron chi connectivity index (χ3n) is 3.81. The molecule has 0 heterocycles. The molecule has 0 radical (unpaired) electrons. The van der Waals surface area contributed by atoms with Gasteiger partial charge in [-0.25, -0.2) is 8.42 Å². The van der Waals surface area contributed by atoms with Crippen molar-refractivity contribution >= 4 is 27.3 Å². The van der Waals surface area contributed by atoms with Crippen LogP contribution < -0.4 is 14.4 Å². The molecule has 0 saturated carbocycles. The van der Waals surface area contributed by atoms with Crippen LogP contribution in [0.3, 0.4) is 0 Å². The van der Waals surface area contributed by atoms with Crippen LogP contribution in [0, 0.1) is 6.92 Å². The second-order valence-corrected chi connectivity index (χ2v) is 7.88. The molecule has 0 bridgehead atoms. The van der Waals surface area contributed by atoms with Crippen LogP contribution in [-0.2, 0) is 14.8 Å². The van der Waals surface area contributed by atoms with E-state index in [-0.39, 0.29) is 0 Å². The Labute approximate surface area is 154 Å². The molecule has 26 heavy (non-hydrogen) atoms. The largest absolute Gasteiger partial charge is 0.494 e. The minimum Gasteiger partial charge on any atom is -0.494 e. The Bertz CT molecular complexity index is 846. The van der Waals surface area contributed by atoms with E-state index in [2.05, 4.69) is 5.32 Å². The van der Waals surface area contributed by atoms with E-state index in [0.29, 0.717) is 23.7 Å². The fourth-order valence-corrected chi connectivity index (χ4v) is 3.72. The van der Waals surface area contributed by atoms with Crippen LogP contribution in [0.25, 0.3) is 0 Å². The zero-order valence-electron chi connectivity index (χ0n) is 15.4. The summed E-state index contributed by atoms with van der Waals surface area (Å²) in [5.74, 6) is 0.288. The molecule has 6 nitrogen and oxygen atoms in total. The molecule has 140 valence electrons. The fraction of sp³-hybridized carbons (Fsp3) is 0.316. The standard InChI is InChI=1S/C19H24N2O4S/c1-5-25-18-12-8-16(9-13-18)20-19(22)15(3)21(26(4,23)24)17-10-6-14(2)7-11-17/h6-13,15H,5H2,1-4H3,(H,20,22)/t15-/m1/s1. The first-order valence-corrected chi connectivity index (χ1v) is 10.2. The Morgan fingerprint density at radius 3 is 2.19 bits per heavy atom. The quantitative estimate of drug-likeness (QED) is 0.805. The Morgan fingerprint density at radius 2 is 1.69 bits per heavy atom. The molecule has 2 aromatic rings. The number of nitrogens with one attached hydrogen (secondary N) is 1. The molecule has 1 atom stereocenters. The number of hydrogen-bond acceptors (Lipinski definition) is 4. The van der Waals surface area contributed by atoms with Gasteiger partial charge in [0.15, 0.2) is 0 Å². The van der Waals surface area contributed by atoms with Gasteiger partial charge < -0.3 is 10.1 Å². The van der Waals surface area contributed by atoms with E-state index in [1.165, 1.54) is 0 Å². The molecule has 1 N–H and O–H groups in total. The number of sulfonamides is 1. The summed E-state index contributed by atoms with van der Waals surface area (Å²) in [6.07, 6.45) is 1.09. The summed E-state index contributed by atoms with van der Waals surface area (Å²) in [7, 11) is -3.63. The van der Waals surface area contributed by atoms with Gasteiger partial charge in [-0.05, 0) is 57.2 Å². The van der Waals surface area contributed by atoms with Crippen molar-refractivity contribution in [1.29, 1.82) is 0 Å². The predicted molar refractivity (Wildman–Crippen MR) is 104 cm³/mol. The van der Waals surface area contributed by atoms with E-state index in [4.69, 9.17) is 4.74 Å². The van der Waals surface area contributed by atoms with E-state index in [1.807, 2.05) is 26.0 Å². The first kappa shape index (κ1) is 19.8. The number of aryl methyl sites for hydroxylation is 1. The van der Waals surface area contributed by atoms with Gasteiger partial charge in [0.2, 0.25) is 15.9 Å². The van der Waals surface area contributed by atoms with Gasteiger partial charge in [-0.2, -0.15) is 0 Å². The lowest BCUT2D eigenvalue weighted by atomic mass is 10.2. The molecule has 0 aromatic heterocycles. The highest BCUT2D eigenvalue weighted by Gasteiger charge is 2.29. The molecule has 0 aliphatic rings. The molecule has 2 rings (SSSR count). The maximum atomic E-state index is 12.6. The van der Waals surface area contributed by atoms with Crippen molar-refractivity contribution in [1.82, 2.24) is 0 Å². The summed E-state index contributed by atoms with van der Waals surface area (Å²) in [4.78, 5) is 12.6. The van der Waals surface area contributed by atoms with Crippen LogP contribution in [0.4, 0.5) is 11.4 Å². The van der Waals surface area contributed by atoms with E-state index in [9.17, 15) is 13.2 Å². The second-order valence-electron chi connectivity index (χ2n) is 6.02. The minimum atomic E-state index is -3.63. The number of nitrogens with zero attached hydrogens (tertiary/aromatic N) is 1. The monoisotopic (exact) mass is 376 g/mol. The summed E-state index contributed by atoms with van der Waals surface area (Å²) in [5, 5.41) is 2.74. The van der Waals surface area contributed by atoms with Gasteiger partial charge in [0.05, 0.1) is 18.6 Å². The molecule has 1 amide bonds. The van der Waals surface area contributed by atoms with Crippen molar-refractivity contribution in [3.8, 4) is 5.75 Å². The number of amides is 1. The molecular formula is C19H24N2O4S. The van der Waals surface area contributed by atoms with E-state index in [0.717, 1.165) is 16.1 Å². The van der Waals surface area contributed by atoms with Gasteiger partial charge >= 0.3 is 0 Å². The van der Waals surface area contributed by atoms with Gasteiger partial charge in [0.25, 0.3) is 0 Å². The van der Waals surface area contributed by atoms with Crippen LogP contribution in [-0.4, -0.2) is 33.2 Å². The molecular weight excluding hydrogens is 352 g/mol. The fourth-order valence-electron chi connectivity index (χ4n) is 2.55. The lowest BCUT2D eigenvalue weighted by molar-refractivity contribution is -0.116. The van der Waals surface area contributed by atoms with Crippen LogP contribution >= 0.6 is 0 Å². The Balaban J connectivity index is 2.20. The average Bonchev–Trinajstić information content (AvgIpc) is 2.57. The van der Waals surface area contributed by atoms with Crippen molar-refractivity contribution in [3.63, 3.8) is 0 Å². The Hall–Kier alpha value is -2.54. The van der Waals surface area contributed by atoms with Crippen molar-refractivity contribution in [3.05, 3.63) is 54.1 Å². The summed E-state index contributed by atoms with van der Waals surface area (Å²) >= 11 is 0. The van der Waals surface area contributed by atoms with Crippen molar-refractivity contribution in [2.24, 2.45) is 0 Å². The lowest BCUT2D eigenvalue weighted by Crippen LogP contribution is -2.45. The highest BCUT2D eigenvalue weighted by Crippen LogP contribution is 2.22. The van der Waals surface area contributed by atoms with Crippen molar-refractivity contribution < 1.29 is 17.9 Å².